The molecule has 0 fully saturated rings. The zero-order valence-corrected chi connectivity index (χ0v) is 15.8. The van der Waals surface area contributed by atoms with Crippen molar-refractivity contribution in [3.63, 3.8) is 0 Å². The monoisotopic (exact) mass is 400 g/mol. The van der Waals surface area contributed by atoms with Gasteiger partial charge in [0.2, 0.25) is 35.4 Å². The molecule has 9 N–H and O–H groups in total. The number of hydrogen-bond acceptors (Lipinski definition) is 6. The van der Waals surface area contributed by atoms with Crippen LogP contribution in [0, 0.1) is 0 Å². The Balaban J connectivity index is 4.62. The standard InChI is InChI=1S/C16H28N6O6/c1-9(23)20-6-4-2-3-5-14(26)21-11(8-13(18)25)16(28)22-10(15(19)27)7-12(17)24/h10-11H,2-8H2,1H3,(H2,17,24)(H2,18,25)(H2,19,27)(H,20,23)(H,21,26)(H,22,28). The maximum atomic E-state index is 12.3. The molecular formula is C16H28N6O6. The first-order chi connectivity index (χ1) is 13.0. The van der Waals surface area contributed by atoms with Crippen LogP contribution in [-0.4, -0.2) is 54.1 Å². The number of carbonyl (C=O) groups is 6. The molecule has 0 saturated carbocycles. The summed E-state index contributed by atoms with van der Waals surface area (Å²) < 4.78 is 0. The van der Waals surface area contributed by atoms with Gasteiger partial charge in [0.15, 0.2) is 0 Å². The largest absolute Gasteiger partial charge is 0.370 e. The van der Waals surface area contributed by atoms with Crippen molar-refractivity contribution in [1.82, 2.24) is 16.0 Å². The van der Waals surface area contributed by atoms with Gasteiger partial charge in [0, 0.05) is 19.9 Å². The van der Waals surface area contributed by atoms with Gasteiger partial charge >= 0.3 is 0 Å². The quantitative estimate of drug-likeness (QED) is 0.166. The van der Waals surface area contributed by atoms with Crippen LogP contribution in [0.5, 0.6) is 0 Å². The fraction of sp³-hybridized carbons (Fsp3) is 0.625. The lowest BCUT2D eigenvalue weighted by atomic mass is 10.1. The average Bonchev–Trinajstić information content (AvgIpc) is 2.55. The second-order valence-electron chi connectivity index (χ2n) is 6.22. The number of nitrogens with one attached hydrogen (secondary N) is 3. The van der Waals surface area contributed by atoms with Crippen LogP contribution in [-0.2, 0) is 28.8 Å². The molecule has 6 amide bonds. The van der Waals surface area contributed by atoms with Crippen LogP contribution in [0.2, 0.25) is 0 Å². The second kappa shape index (κ2) is 13.1. The summed E-state index contributed by atoms with van der Waals surface area (Å²) in [7, 11) is 0. The van der Waals surface area contributed by atoms with Gasteiger partial charge in [-0.1, -0.05) is 6.42 Å². The minimum Gasteiger partial charge on any atom is -0.370 e. The first-order valence-corrected chi connectivity index (χ1v) is 8.73. The Morgan fingerprint density at radius 1 is 0.786 bits per heavy atom. The Kier molecular flexibility index (Phi) is 11.6. The fourth-order valence-electron chi connectivity index (χ4n) is 2.22. The van der Waals surface area contributed by atoms with Gasteiger partial charge in [-0.15, -0.1) is 0 Å². The Hall–Kier alpha value is -3.18. The van der Waals surface area contributed by atoms with E-state index in [1.807, 2.05) is 0 Å². The Morgan fingerprint density at radius 2 is 1.36 bits per heavy atom. The van der Waals surface area contributed by atoms with Crippen molar-refractivity contribution in [1.29, 1.82) is 0 Å². The summed E-state index contributed by atoms with van der Waals surface area (Å²) in [6.45, 7) is 1.90. The molecule has 12 nitrogen and oxygen atoms in total. The molecule has 0 aliphatic rings. The molecule has 12 heteroatoms. The van der Waals surface area contributed by atoms with E-state index in [0.717, 1.165) is 0 Å². The smallest absolute Gasteiger partial charge is 0.243 e. The molecule has 28 heavy (non-hydrogen) atoms. The SMILES string of the molecule is CC(=O)NCCCCCC(=O)NC(CC(N)=O)C(=O)NC(CC(N)=O)C(N)=O. The molecular weight excluding hydrogens is 372 g/mol. The molecule has 0 radical (unpaired) electrons. The highest BCUT2D eigenvalue weighted by atomic mass is 16.2. The maximum absolute atomic E-state index is 12.3. The van der Waals surface area contributed by atoms with Gasteiger partial charge in [-0.2, -0.15) is 0 Å². The Bertz CT molecular complexity index is 608. The summed E-state index contributed by atoms with van der Waals surface area (Å²) in [6, 6.07) is -2.69. The van der Waals surface area contributed by atoms with Gasteiger partial charge in [-0.25, -0.2) is 0 Å². The van der Waals surface area contributed by atoms with Crippen LogP contribution in [0.3, 0.4) is 0 Å². The summed E-state index contributed by atoms with van der Waals surface area (Å²) in [4.78, 5) is 68.4. The van der Waals surface area contributed by atoms with E-state index in [4.69, 9.17) is 17.2 Å². The van der Waals surface area contributed by atoms with Crippen molar-refractivity contribution >= 4 is 35.4 Å². The fourth-order valence-corrected chi connectivity index (χ4v) is 2.22. The summed E-state index contributed by atoms with van der Waals surface area (Å²) in [6.07, 6.45) is 0.925. The molecule has 0 aromatic rings. The molecule has 0 saturated heterocycles. The van der Waals surface area contributed by atoms with Gasteiger partial charge in [0.05, 0.1) is 12.8 Å². The minimum atomic E-state index is -1.37. The van der Waals surface area contributed by atoms with Crippen molar-refractivity contribution < 1.29 is 28.8 Å². The van der Waals surface area contributed by atoms with Gasteiger partial charge in [-0.05, 0) is 12.8 Å². The van der Waals surface area contributed by atoms with Crippen LogP contribution in [0.4, 0.5) is 0 Å². The normalized spacial score (nSPS) is 12.3. The van der Waals surface area contributed by atoms with E-state index in [-0.39, 0.29) is 12.3 Å². The number of nitrogens with two attached hydrogens (primary N) is 3. The first kappa shape index (κ1) is 24.8. The molecule has 0 aliphatic heterocycles. The Labute approximate surface area is 162 Å². The van der Waals surface area contributed by atoms with E-state index < -0.39 is 54.5 Å². The minimum absolute atomic E-state index is 0.0865. The zero-order chi connectivity index (χ0) is 21.7. The molecule has 0 rings (SSSR count). The van der Waals surface area contributed by atoms with Crippen molar-refractivity contribution in [2.45, 2.75) is 57.5 Å². The van der Waals surface area contributed by atoms with Crippen molar-refractivity contribution in [2.24, 2.45) is 17.2 Å². The zero-order valence-electron chi connectivity index (χ0n) is 15.8. The lowest BCUT2D eigenvalue weighted by Gasteiger charge is -2.20. The third-order valence-corrected chi connectivity index (χ3v) is 3.58. The number of primary amides is 3. The first-order valence-electron chi connectivity index (χ1n) is 8.73. The molecule has 0 aromatic carbocycles. The van der Waals surface area contributed by atoms with Crippen molar-refractivity contribution in [3.05, 3.63) is 0 Å². The number of rotatable bonds is 14. The third kappa shape index (κ3) is 12.2. The predicted molar refractivity (Wildman–Crippen MR) is 97.8 cm³/mol. The molecule has 0 spiro atoms. The van der Waals surface area contributed by atoms with E-state index in [1.165, 1.54) is 6.92 Å². The maximum Gasteiger partial charge on any atom is 0.243 e. The van der Waals surface area contributed by atoms with E-state index >= 15 is 0 Å². The number of carbonyl (C=O) groups excluding carboxylic acids is 6. The molecule has 2 atom stereocenters. The topological polar surface area (TPSA) is 217 Å². The molecule has 0 bridgehead atoms. The molecule has 2 unspecified atom stereocenters. The predicted octanol–water partition coefficient (Wildman–Crippen LogP) is -3.11. The molecule has 158 valence electrons. The van der Waals surface area contributed by atoms with Gasteiger partial charge < -0.3 is 33.2 Å². The van der Waals surface area contributed by atoms with Crippen LogP contribution in [0.15, 0.2) is 0 Å². The number of amides is 6. The highest BCUT2D eigenvalue weighted by Crippen LogP contribution is 2.02. The van der Waals surface area contributed by atoms with E-state index in [0.29, 0.717) is 25.8 Å². The van der Waals surface area contributed by atoms with Gasteiger partial charge in [-0.3, -0.25) is 28.8 Å². The summed E-state index contributed by atoms with van der Waals surface area (Å²) in [5.74, 6) is -4.21. The van der Waals surface area contributed by atoms with E-state index in [1.54, 1.807) is 0 Å². The lowest BCUT2D eigenvalue weighted by Crippen LogP contribution is -2.54. The van der Waals surface area contributed by atoms with Crippen LogP contribution < -0.4 is 33.2 Å². The van der Waals surface area contributed by atoms with Crippen molar-refractivity contribution in [3.8, 4) is 0 Å². The van der Waals surface area contributed by atoms with Gasteiger partial charge in [0.25, 0.3) is 0 Å². The molecule has 0 aromatic heterocycles. The van der Waals surface area contributed by atoms with Crippen LogP contribution in [0.1, 0.15) is 45.4 Å². The Morgan fingerprint density at radius 3 is 1.86 bits per heavy atom. The molecule has 0 aliphatic carbocycles. The summed E-state index contributed by atoms with van der Waals surface area (Å²) in [5, 5.41) is 7.17. The highest BCUT2D eigenvalue weighted by Gasteiger charge is 2.27. The highest BCUT2D eigenvalue weighted by molar-refractivity contribution is 5.95. The van der Waals surface area contributed by atoms with Crippen molar-refractivity contribution in [2.75, 3.05) is 6.54 Å². The average molecular weight is 400 g/mol. The summed E-state index contributed by atoms with van der Waals surface area (Å²) >= 11 is 0. The van der Waals surface area contributed by atoms with Crippen LogP contribution in [0.25, 0.3) is 0 Å². The lowest BCUT2D eigenvalue weighted by molar-refractivity contribution is -0.134. The number of hydrogen-bond donors (Lipinski definition) is 6. The number of unbranched alkanes of at least 4 members (excludes halogenated alkanes) is 2. The second-order valence-corrected chi connectivity index (χ2v) is 6.22. The third-order valence-electron chi connectivity index (χ3n) is 3.58. The van der Waals surface area contributed by atoms with E-state index in [2.05, 4.69) is 16.0 Å². The van der Waals surface area contributed by atoms with E-state index in [9.17, 15) is 28.8 Å². The molecule has 0 heterocycles. The summed E-state index contributed by atoms with van der Waals surface area (Å²) in [5.41, 5.74) is 15.2. The van der Waals surface area contributed by atoms with Gasteiger partial charge in [0.1, 0.15) is 12.1 Å². The van der Waals surface area contributed by atoms with Crippen LogP contribution >= 0.6 is 0 Å².